The van der Waals surface area contributed by atoms with Crippen LogP contribution in [0, 0.1) is 22.6 Å². The topological polar surface area (TPSA) is 98.4 Å². The number of hydrogen-bond donors (Lipinski definition) is 1. The van der Waals surface area contributed by atoms with Crippen molar-refractivity contribution < 1.29 is 23.9 Å². The summed E-state index contributed by atoms with van der Waals surface area (Å²) in [7, 11) is 0. The van der Waals surface area contributed by atoms with E-state index >= 15 is 0 Å². The van der Waals surface area contributed by atoms with Gasteiger partial charge in [-0.3, -0.25) is 9.69 Å². The van der Waals surface area contributed by atoms with Crippen molar-refractivity contribution >= 4 is 11.8 Å². The molecule has 0 unspecified atom stereocenters. The van der Waals surface area contributed by atoms with Gasteiger partial charge in [0, 0.05) is 43.9 Å². The fourth-order valence-corrected chi connectivity index (χ4v) is 6.36. The van der Waals surface area contributed by atoms with E-state index in [0.717, 1.165) is 40.9 Å². The van der Waals surface area contributed by atoms with E-state index < -0.39 is 11.4 Å². The number of nitriles is 1. The molecule has 0 amide bonds. The smallest absolute Gasteiger partial charge is 0.309 e. The lowest BCUT2D eigenvalue weighted by atomic mass is 9.80. The second-order valence-corrected chi connectivity index (χ2v) is 12.0. The summed E-state index contributed by atoms with van der Waals surface area (Å²) in [6.45, 7) is 7.58. The monoisotopic (exact) mass is 546 g/mol. The van der Waals surface area contributed by atoms with Crippen LogP contribution in [-0.4, -0.2) is 65.1 Å². The second-order valence-electron chi connectivity index (χ2n) is 12.0. The fourth-order valence-electron chi connectivity index (χ4n) is 6.36. The van der Waals surface area contributed by atoms with Crippen molar-refractivity contribution in [3.8, 4) is 22.9 Å². The van der Waals surface area contributed by atoms with Gasteiger partial charge in [-0.2, -0.15) is 5.26 Å². The van der Waals surface area contributed by atoms with Crippen molar-refractivity contribution in [3.63, 3.8) is 0 Å². The van der Waals surface area contributed by atoms with Gasteiger partial charge >= 0.3 is 5.97 Å². The molecule has 2 saturated heterocycles. The maximum absolute atomic E-state index is 13.7. The lowest BCUT2D eigenvalue weighted by Gasteiger charge is -2.46. The molecule has 1 spiro atoms. The average molecular weight is 547 g/mol. The van der Waals surface area contributed by atoms with Crippen LogP contribution in [0.15, 0.2) is 35.5 Å². The SMILES string of the molecule is CCOc1c(CN2CC3(CC(N4CCC(C)(C(=O)O)CC4)=NO3)C2)cc(C2CC2)c(-c2ccc(F)cc2)c1C#N. The molecule has 0 bridgehead atoms. The maximum Gasteiger partial charge on any atom is 0.309 e. The van der Waals surface area contributed by atoms with Crippen LogP contribution in [-0.2, 0) is 16.2 Å². The number of likely N-dealkylation sites (tertiary alicyclic amines) is 2. The summed E-state index contributed by atoms with van der Waals surface area (Å²) in [6, 6.07) is 11.0. The van der Waals surface area contributed by atoms with Gasteiger partial charge in [0.2, 0.25) is 0 Å². The number of carboxylic acid groups (broad SMARTS) is 1. The quantitative estimate of drug-likeness (QED) is 0.515. The van der Waals surface area contributed by atoms with Gasteiger partial charge in [0.05, 0.1) is 18.4 Å². The number of benzene rings is 2. The van der Waals surface area contributed by atoms with E-state index in [1.807, 2.05) is 13.8 Å². The predicted molar refractivity (Wildman–Crippen MR) is 147 cm³/mol. The first-order chi connectivity index (χ1) is 19.2. The highest BCUT2D eigenvalue weighted by atomic mass is 19.1. The first kappa shape index (κ1) is 26.6. The summed E-state index contributed by atoms with van der Waals surface area (Å²) in [4.78, 5) is 22.0. The third kappa shape index (κ3) is 4.79. The molecule has 6 rings (SSSR count). The Hall–Kier alpha value is -3.64. The zero-order valence-corrected chi connectivity index (χ0v) is 23.1. The fraction of sp³-hybridized carbons (Fsp3) is 0.516. The predicted octanol–water partition coefficient (Wildman–Crippen LogP) is 5.12. The standard InChI is InChI=1S/C31H35FN4O4/c1-3-39-28-22(14-24(20-4-5-20)27(25(28)16-33)21-6-8-23(32)9-7-21)17-35-18-31(19-35)15-26(34-40-31)36-12-10-30(2,11-13-36)29(37)38/h6-9,14,20H,3-5,10-13,15,17-19H2,1-2H3,(H,37,38). The number of aliphatic carboxylic acids is 1. The summed E-state index contributed by atoms with van der Waals surface area (Å²) < 4.78 is 19.8. The van der Waals surface area contributed by atoms with Gasteiger partial charge in [-0.25, -0.2) is 4.39 Å². The molecule has 3 aliphatic heterocycles. The summed E-state index contributed by atoms with van der Waals surface area (Å²) in [5.41, 5.74) is 3.30. The molecule has 0 atom stereocenters. The van der Waals surface area contributed by atoms with E-state index in [1.54, 1.807) is 12.1 Å². The number of halogens is 1. The molecule has 4 aliphatic rings. The molecule has 1 N–H and O–H groups in total. The van der Waals surface area contributed by atoms with Crippen LogP contribution in [0.1, 0.15) is 68.6 Å². The van der Waals surface area contributed by atoms with Crippen LogP contribution >= 0.6 is 0 Å². The highest BCUT2D eigenvalue weighted by Crippen LogP contribution is 2.49. The molecule has 210 valence electrons. The Morgan fingerprint density at radius 1 is 1.25 bits per heavy atom. The molecular weight excluding hydrogens is 511 g/mol. The van der Waals surface area contributed by atoms with Crippen molar-refractivity contribution in [2.45, 2.75) is 64.0 Å². The summed E-state index contributed by atoms with van der Waals surface area (Å²) in [5, 5.41) is 24.2. The van der Waals surface area contributed by atoms with Crippen molar-refractivity contribution in [3.05, 3.63) is 52.8 Å². The van der Waals surface area contributed by atoms with Gasteiger partial charge in [0.15, 0.2) is 5.60 Å². The molecule has 0 aromatic heterocycles. The van der Waals surface area contributed by atoms with Crippen LogP contribution in [0.5, 0.6) is 5.75 Å². The Morgan fingerprint density at radius 2 is 1.95 bits per heavy atom. The molecule has 1 aliphatic carbocycles. The molecule has 9 heteroatoms. The zero-order chi connectivity index (χ0) is 28.1. The highest BCUT2D eigenvalue weighted by Gasteiger charge is 2.51. The number of hydrogen-bond acceptors (Lipinski definition) is 7. The Balaban J connectivity index is 1.18. The van der Waals surface area contributed by atoms with Crippen LogP contribution in [0.4, 0.5) is 4.39 Å². The van der Waals surface area contributed by atoms with Crippen molar-refractivity contribution in [2.75, 3.05) is 32.8 Å². The number of carbonyl (C=O) groups is 1. The molecule has 40 heavy (non-hydrogen) atoms. The molecule has 0 radical (unpaired) electrons. The summed E-state index contributed by atoms with van der Waals surface area (Å²) in [5.74, 6) is 0.876. The number of amidine groups is 1. The first-order valence-electron chi connectivity index (χ1n) is 14.2. The van der Waals surface area contributed by atoms with E-state index in [1.165, 1.54) is 12.1 Å². The van der Waals surface area contributed by atoms with E-state index in [4.69, 9.17) is 9.57 Å². The molecule has 2 aromatic carbocycles. The Bertz CT molecular complexity index is 1380. The molecule has 3 heterocycles. The van der Waals surface area contributed by atoms with Crippen molar-refractivity contribution in [2.24, 2.45) is 10.6 Å². The Labute approximate surface area is 234 Å². The van der Waals surface area contributed by atoms with Crippen molar-refractivity contribution in [1.82, 2.24) is 9.80 Å². The minimum Gasteiger partial charge on any atom is -0.492 e. The Kier molecular flexibility index (Phi) is 6.70. The third-order valence-electron chi connectivity index (χ3n) is 8.93. The molecule has 8 nitrogen and oxygen atoms in total. The minimum absolute atomic E-state index is 0.302. The largest absolute Gasteiger partial charge is 0.492 e. The highest BCUT2D eigenvalue weighted by molar-refractivity contribution is 5.85. The Morgan fingerprint density at radius 3 is 2.55 bits per heavy atom. The van der Waals surface area contributed by atoms with Crippen LogP contribution < -0.4 is 4.74 Å². The van der Waals surface area contributed by atoms with Gasteiger partial charge in [-0.15, -0.1) is 0 Å². The summed E-state index contributed by atoms with van der Waals surface area (Å²) >= 11 is 0. The van der Waals surface area contributed by atoms with E-state index in [2.05, 4.69) is 27.1 Å². The van der Waals surface area contributed by atoms with E-state index in [0.29, 0.717) is 75.8 Å². The van der Waals surface area contributed by atoms with Gasteiger partial charge in [-0.1, -0.05) is 17.3 Å². The molecule has 3 fully saturated rings. The number of piperidine rings is 1. The van der Waals surface area contributed by atoms with E-state index in [9.17, 15) is 19.6 Å². The van der Waals surface area contributed by atoms with Crippen LogP contribution in [0.2, 0.25) is 0 Å². The third-order valence-corrected chi connectivity index (χ3v) is 8.93. The van der Waals surface area contributed by atoms with Crippen LogP contribution in [0.3, 0.4) is 0 Å². The number of nitrogens with zero attached hydrogens (tertiary/aromatic N) is 4. The normalized spacial score (nSPS) is 21.4. The van der Waals surface area contributed by atoms with Crippen molar-refractivity contribution in [1.29, 1.82) is 5.26 Å². The molecule has 2 aromatic rings. The maximum atomic E-state index is 13.7. The van der Waals surface area contributed by atoms with E-state index in [-0.39, 0.29) is 11.4 Å². The number of rotatable bonds is 7. The lowest BCUT2D eigenvalue weighted by Crippen LogP contribution is -2.61. The lowest BCUT2D eigenvalue weighted by molar-refractivity contribution is -0.150. The molecule has 1 saturated carbocycles. The number of carboxylic acids is 1. The number of oxime groups is 1. The molecular formula is C31H35FN4O4. The first-order valence-corrected chi connectivity index (χ1v) is 14.2. The minimum atomic E-state index is -0.732. The second kappa shape index (κ2) is 10.1. The summed E-state index contributed by atoms with van der Waals surface area (Å²) in [6.07, 6.45) is 4.06. The zero-order valence-electron chi connectivity index (χ0n) is 23.1. The van der Waals surface area contributed by atoms with Crippen LogP contribution in [0.25, 0.3) is 11.1 Å². The van der Waals surface area contributed by atoms with Gasteiger partial charge in [-0.05, 0) is 74.8 Å². The average Bonchev–Trinajstić information content (AvgIpc) is 3.68. The van der Waals surface area contributed by atoms with Gasteiger partial charge < -0.3 is 19.6 Å². The number of ether oxygens (including phenoxy) is 1. The van der Waals surface area contributed by atoms with Gasteiger partial charge in [0.25, 0.3) is 0 Å². The van der Waals surface area contributed by atoms with Gasteiger partial charge in [0.1, 0.15) is 29.0 Å².